The fraction of sp³-hybridized carbons (Fsp3) is 0.308. The number of hydrogen-bond donors (Lipinski definition) is 1. The van der Waals surface area contributed by atoms with Gasteiger partial charge in [0.1, 0.15) is 5.69 Å². The van der Waals surface area contributed by atoms with E-state index in [1.807, 2.05) is 74.5 Å². The lowest BCUT2D eigenvalue weighted by atomic mass is 9.73. The topological polar surface area (TPSA) is 109 Å². The average Bonchev–Trinajstić information content (AvgIpc) is 3.40. The van der Waals surface area contributed by atoms with Crippen LogP contribution in [0.15, 0.2) is 94.5 Å². The van der Waals surface area contributed by atoms with Crippen LogP contribution in [0.25, 0.3) is 17.1 Å². The maximum atomic E-state index is 14.4. The molecule has 12 heteroatoms. The number of carbonyl (C=O) groups excluding carboxylic acids is 2. The van der Waals surface area contributed by atoms with Gasteiger partial charge in [0.2, 0.25) is 0 Å². The number of hydrogen-bond acceptors (Lipinski definition) is 7. The fourth-order valence-electron chi connectivity index (χ4n) is 7.95. The number of fused-ring (bicyclic) bond motifs is 1. The van der Waals surface area contributed by atoms with Gasteiger partial charge in [-0.15, -0.1) is 0 Å². The van der Waals surface area contributed by atoms with E-state index in [4.69, 9.17) is 0 Å². The van der Waals surface area contributed by atoms with Gasteiger partial charge in [0, 0.05) is 84.4 Å². The second kappa shape index (κ2) is 12.9. The molecule has 5 aromatic rings. The monoisotopic (exact) mass is 746 g/mol. The summed E-state index contributed by atoms with van der Waals surface area (Å²) in [4.78, 5) is 57.9. The quantitative estimate of drug-likeness (QED) is 0.253. The Morgan fingerprint density at radius 3 is 2.35 bits per heavy atom. The number of aromatic nitrogens is 4. The molecule has 2 aromatic heterocycles. The zero-order valence-corrected chi connectivity index (χ0v) is 30.4. The number of aryl methyl sites for hydroxylation is 1. The van der Waals surface area contributed by atoms with E-state index >= 15 is 0 Å². The molecular weight excluding hydrogens is 708 g/mol. The largest absolute Gasteiger partial charge is 0.370 e. The number of nitrogens with zero attached hydrogens (tertiary/aromatic N) is 7. The Hall–Kier alpha value is -5.07. The van der Waals surface area contributed by atoms with Gasteiger partial charge in [0.25, 0.3) is 11.8 Å². The fourth-order valence-corrected chi connectivity index (χ4v) is 8.20. The standard InChI is InChI=1S/C39H39BrN8O3/c1-25-17-27(9-14-32(25)40)37(50)46-20-33-34(36(49)43-18-28-7-4-5-8-31(28)35-41-15-6-16-42-35)48(38(51)47(33)19-26(46)2)30-12-10-29(11-13-30)45-23-39(24-45)21-44(3)22-39/h4-17,26H,18-24H2,1-3H3,(H,43,49). The van der Waals surface area contributed by atoms with E-state index in [0.29, 0.717) is 28.2 Å². The SMILES string of the molecule is Cc1cc(C(=O)N2Cc3c(C(=O)NCc4ccccc4-c4ncccn4)n(-c4ccc(N5CC6(CN(C)C6)C5)cc4)c(=O)n3CC2C)ccc1Br. The number of imidazole rings is 1. The molecule has 1 atom stereocenters. The van der Waals surface area contributed by atoms with Crippen molar-refractivity contribution >= 4 is 33.4 Å². The predicted octanol–water partition coefficient (Wildman–Crippen LogP) is 4.89. The molecule has 51 heavy (non-hydrogen) atoms. The van der Waals surface area contributed by atoms with Gasteiger partial charge in [-0.25, -0.2) is 14.8 Å². The molecule has 8 rings (SSSR count). The summed E-state index contributed by atoms with van der Waals surface area (Å²) in [5.74, 6) is 0.000302. The van der Waals surface area contributed by atoms with Gasteiger partial charge in [-0.2, -0.15) is 0 Å². The van der Waals surface area contributed by atoms with Crippen LogP contribution in [0.4, 0.5) is 5.69 Å². The summed E-state index contributed by atoms with van der Waals surface area (Å²) in [6.07, 6.45) is 3.37. The molecule has 1 spiro atoms. The second-order valence-electron chi connectivity index (χ2n) is 14.2. The summed E-state index contributed by atoms with van der Waals surface area (Å²) >= 11 is 3.53. The van der Waals surface area contributed by atoms with E-state index in [0.717, 1.165) is 53.0 Å². The number of likely N-dealkylation sites (tertiary alicyclic amines) is 1. The van der Waals surface area contributed by atoms with Crippen LogP contribution in [0.3, 0.4) is 0 Å². The minimum Gasteiger partial charge on any atom is -0.370 e. The molecule has 0 saturated carbocycles. The van der Waals surface area contributed by atoms with Crippen LogP contribution in [0, 0.1) is 12.3 Å². The lowest BCUT2D eigenvalue weighted by Crippen LogP contribution is -2.71. The number of carbonyl (C=O) groups is 2. The number of amides is 2. The molecule has 0 radical (unpaired) electrons. The van der Waals surface area contributed by atoms with Crippen molar-refractivity contribution in [3.63, 3.8) is 0 Å². The summed E-state index contributed by atoms with van der Waals surface area (Å²) in [5.41, 5.74) is 5.65. The van der Waals surface area contributed by atoms with E-state index in [1.165, 1.54) is 4.57 Å². The predicted molar refractivity (Wildman–Crippen MR) is 199 cm³/mol. The number of halogens is 1. The summed E-state index contributed by atoms with van der Waals surface area (Å²) in [6, 6.07) is 22.6. The highest BCUT2D eigenvalue weighted by molar-refractivity contribution is 9.10. The minimum atomic E-state index is -0.408. The molecular formula is C39H39BrN8O3. The van der Waals surface area contributed by atoms with E-state index in [1.54, 1.807) is 34.0 Å². The highest BCUT2D eigenvalue weighted by Crippen LogP contribution is 2.41. The molecule has 2 amide bonds. The van der Waals surface area contributed by atoms with Crippen molar-refractivity contribution < 1.29 is 9.59 Å². The minimum absolute atomic E-state index is 0.108. The highest BCUT2D eigenvalue weighted by Gasteiger charge is 2.50. The Kier molecular flexibility index (Phi) is 8.38. The average molecular weight is 748 g/mol. The maximum Gasteiger partial charge on any atom is 0.333 e. The molecule has 1 unspecified atom stereocenters. The zero-order valence-electron chi connectivity index (χ0n) is 28.8. The van der Waals surface area contributed by atoms with Crippen molar-refractivity contribution in [2.24, 2.45) is 5.41 Å². The molecule has 5 heterocycles. The van der Waals surface area contributed by atoms with E-state index in [9.17, 15) is 14.4 Å². The van der Waals surface area contributed by atoms with Gasteiger partial charge in [0.15, 0.2) is 5.82 Å². The molecule has 1 N–H and O–H groups in total. The number of benzene rings is 3. The Bertz CT molecular complexity index is 2200. The Morgan fingerprint density at radius 1 is 0.941 bits per heavy atom. The Labute approximate surface area is 304 Å². The third kappa shape index (κ3) is 5.95. The molecule has 260 valence electrons. The van der Waals surface area contributed by atoms with E-state index in [2.05, 4.69) is 48.1 Å². The van der Waals surface area contributed by atoms with E-state index in [-0.39, 0.29) is 43.0 Å². The molecule has 2 fully saturated rings. The van der Waals surface area contributed by atoms with Crippen LogP contribution in [-0.2, 0) is 19.6 Å². The van der Waals surface area contributed by atoms with Crippen molar-refractivity contribution in [1.82, 2.24) is 34.2 Å². The van der Waals surface area contributed by atoms with Gasteiger partial charge in [-0.1, -0.05) is 40.2 Å². The van der Waals surface area contributed by atoms with Crippen LogP contribution in [-0.4, -0.2) is 80.0 Å². The highest BCUT2D eigenvalue weighted by atomic mass is 79.9. The summed E-state index contributed by atoms with van der Waals surface area (Å²) < 4.78 is 4.08. The summed E-state index contributed by atoms with van der Waals surface area (Å²) in [6.45, 7) is 8.71. The molecule has 11 nitrogen and oxygen atoms in total. The molecule has 0 aliphatic carbocycles. The van der Waals surface area contributed by atoms with Crippen molar-refractivity contribution in [2.45, 2.75) is 39.5 Å². The second-order valence-corrected chi connectivity index (χ2v) is 15.1. The van der Waals surface area contributed by atoms with Gasteiger partial charge >= 0.3 is 5.69 Å². The van der Waals surface area contributed by atoms with Gasteiger partial charge in [-0.05, 0) is 80.6 Å². The lowest BCUT2D eigenvalue weighted by molar-refractivity contribution is -0.00238. The van der Waals surface area contributed by atoms with Crippen LogP contribution >= 0.6 is 15.9 Å². The van der Waals surface area contributed by atoms with Crippen LogP contribution < -0.4 is 15.9 Å². The van der Waals surface area contributed by atoms with Crippen molar-refractivity contribution in [1.29, 1.82) is 0 Å². The smallest absolute Gasteiger partial charge is 0.333 e. The molecule has 3 aliphatic heterocycles. The van der Waals surface area contributed by atoms with Gasteiger partial charge in [-0.3, -0.25) is 18.7 Å². The third-order valence-electron chi connectivity index (χ3n) is 10.4. The number of anilines is 1. The number of nitrogens with one attached hydrogen (secondary N) is 1. The Balaban J connectivity index is 1.14. The van der Waals surface area contributed by atoms with Crippen LogP contribution in [0.2, 0.25) is 0 Å². The third-order valence-corrected chi connectivity index (χ3v) is 11.3. The maximum absolute atomic E-state index is 14.4. The summed E-state index contributed by atoms with van der Waals surface area (Å²) in [7, 11) is 2.15. The van der Waals surface area contributed by atoms with Crippen molar-refractivity contribution in [3.8, 4) is 17.1 Å². The van der Waals surface area contributed by atoms with E-state index < -0.39 is 5.91 Å². The first kappa shape index (κ1) is 33.1. The first-order valence-electron chi connectivity index (χ1n) is 17.2. The molecule has 2 saturated heterocycles. The molecule has 0 bridgehead atoms. The van der Waals surface area contributed by atoms with Crippen molar-refractivity contribution in [3.05, 3.63) is 128 Å². The lowest BCUT2D eigenvalue weighted by Gasteiger charge is -2.60. The first-order valence-corrected chi connectivity index (χ1v) is 18.0. The van der Waals surface area contributed by atoms with Gasteiger partial charge < -0.3 is 20.0 Å². The normalized spacial score (nSPS) is 17.8. The van der Waals surface area contributed by atoms with Crippen LogP contribution in [0.5, 0.6) is 0 Å². The summed E-state index contributed by atoms with van der Waals surface area (Å²) in [5, 5.41) is 3.08. The van der Waals surface area contributed by atoms with Crippen molar-refractivity contribution in [2.75, 3.05) is 38.1 Å². The molecule has 3 aromatic carbocycles. The number of rotatable bonds is 7. The zero-order chi connectivity index (χ0) is 35.4. The van der Waals surface area contributed by atoms with Crippen LogP contribution in [0.1, 0.15) is 44.6 Å². The Morgan fingerprint density at radius 2 is 1.65 bits per heavy atom. The first-order chi connectivity index (χ1) is 24.6. The van der Waals surface area contributed by atoms with Gasteiger partial charge in [0.05, 0.1) is 17.9 Å². The molecule has 3 aliphatic rings.